The predicted octanol–water partition coefficient (Wildman–Crippen LogP) is 4.62. The minimum Gasteiger partial charge on any atom is -0.462 e. The second-order valence-electron chi connectivity index (χ2n) is 19.9. The van der Waals surface area contributed by atoms with Crippen molar-refractivity contribution in [3.63, 3.8) is 0 Å². The van der Waals surface area contributed by atoms with E-state index >= 15 is 0 Å². The third-order valence-electron chi connectivity index (χ3n) is 14.0. The van der Waals surface area contributed by atoms with Gasteiger partial charge in [-0.25, -0.2) is 9.78 Å². The predicted molar refractivity (Wildman–Crippen MR) is 274 cm³/mol. The number of hydrogen-bond acceptors (Lipinski definition) is 19. The Morgan fingerprint density at radius 2 is 1.70 bits per heavy atom. The quantitative estimate of drug-likeness (QED) is 0.0442. The summed E-state index contributed by atoms with van der Waals surface area (Å²) >= 11 is 0. The van der Waals surface area contributed by atoms with Crippen molar-refractivity contribution in [3.8, 4) is 0 Å². The van der Waals surface area contributed by atoms with Crippen LogP contribution in [0.1, 0.15) is 106 Å². The number of carbonyl (C=O) groups is 4. The van der Waals surface area contributed by atoms with Crippen LogP contribution in [0.4, 0.5) is 10.6 Å². The number of benzene rings is 1. The van der Waals surface area contributed by atoms with Gasteiger partial charge >= 0.3 is 18.0 Å². The van der Waals surface area contributed by atoms with E-state index in [9.17, 15) is 34.5 Å². The average Bonchev–Trinajstić information content (AvgIpc) is 3.34. The van der Waals surface area contributed by atoms with E-state index in [1.54, 1.807) is 59.8 Å². The maximum Gasteiger partial charge on any atom is 0.407 e. The number of ether oxygens (including phenoxy) is 8. The molecule has 20 heteroatoms. The standard InChI is InChI=1S/C53H85N5O15/c1-13-36(21-19-20-35-29-56-50(54)38-23-18-17-22-37(35)38)69-42(63)27-39(60)48(66-12)47(34(24-25-59)26-31(5)40(61)30-58(11)16-4)71-51-45(64)44(57(9)10)46(32(6)68-51)70-43-28-53(8,73-41(62)14-2)49(33(7)67-43)72-52(65)55-15-3/h17-20,22-23,25,29,31-34,36,39-40,43-49,51,60-61,64H,13-16,21,24,26-28,30H2,1-12H3,(H2,54,56)(H,55,65)/b20-19+/t31-,32-,33+,34+,36-,39-,40+,43+,44-,45-,46-,47+,48+,49+,51+,53-/m1/s1. The normalized spacial score (nSPS) is 27.5. The molecule has 2 aromatic rings. The van der Waals surface area contributed by atoms with Crippen molar-refractivity contribution >= 4 is 47.0 Å². The number of methoxy groups -OCH3 is 1. The lowest BCUT2D eigenvalue weighted by Gasteiger charge is -2.50. The maximum absolute atomic E-state index is 13.7. The molecule has 6 N–H and O–H groups in total. The van der Waals surface area contributed by atoms with Crippen LogP contribution in [0.2, 0.25) is 0 Å². The van der Waals surface area contributed by atoms with E-state index in [1.165, 1.54) is 7.11 Å². The van der Waals surface area contributed by atoms with Crippen LogP contribution in [-0.2, 0) is 52.3 Å². The molecule has 0 unspecified atom stereocenters. The van der Waals surface area contributed by atoms with Crippen molar-refractivity contribution in [1.82, 2.24) is 20.1 Å². The number of aliphatic hydroxyl groups is 3. The van der Waals surface area contributed by atoms with E-state index in [1.807, 2.05) is 69.1 Å². The Morgan fingerprint density at radius 1 is 1.00 bits per heavy atom. The summed E-state index contributed by atoms with van der Waals surface area (Å²) in [5, 5.41) is 39.9. The van der Waals surface area contributed by atoms with Gasteiger partial charge in [-0.2, -0.15) is 0 Å². The molecule has 2 aliphatic heterocycles. The van der Waals surface area contributed by atoms with Gasteiger partial charge in [-0.1, -0.05) is 64.1 Å². The first kappa shape index (κ1) is 61.2. The highest BCUT2D eigenvalue weighted by Crippen LogP contribution is 2.39. The van der Waals surface area contributed by atoms with Gasteiger partial charge in [0.2, 0.25) is 0 Å². The molecule has 0 saturated carbocycles. The summed E-state index contributed by atoms with van der Waals surface area (Å²) in [6, 6.07) is 6.85. The first-order chi connectivity index (χ1) is 34.6. The van der Waals surface area contributed by atoms with Gasteiger partial charge < -0.3 is 78.9 Å². The van der Waals surface area contributed by atoms with Gasteiger partial charge in [0.25, 0.3) is 0 Å². The second kappa shape index (κ2) is 29.1. The van der Waals surface area contributed by atoms with Crippen molar-refractivity contribution in [2.45, 2.75) is 186 Å². The number of aliphatic hydroxyl groups excluding tert-OH is 3. The van der Waals surface area contributed by atoms with E-state index in [2.05, 4.69) is 10.3 Å². The number of rotatable bonds is 28. The molecule has 3 heterocycles. The highest BCUT2D eigenvalue weighted by Gasteiger charge is 2.54. The number of aldehydes is 1. The minimum absolute atomic E-state index is 0.0373. The molecule has 73 heavy (non-hydrogen) atoms. The first-order valence-electron chi connectivity index (χ1n) is 25.8. The molecule has 16 atom stereocenters. The van der Waals surface area contributed by atoms with E-state index in [0.29, 0.717) is 38.3 Å². The van der Waals surface area contributed by atoms with Crippen LogP contribution in [-0.4, -0.2) is 188 Å². The molecule has 1 aromatic carbocycles. The maximum atomic E-state index is 13.7. The van der Waals surface area contributed by atoms with Gasteiger partial charge in [-0.05, 0) is 85.4 Å². The third-order valence-corrected chi connectivity index (χ3v) is 14.0. The molecule has 2 aliphatic rings. The summed E-state index contributed by atoms with van der Waals surface area (Å²) in [5.74, 6) is -1.87. The van der Waals surface area contributed by atoms with Crippen molar-refractivity contribution in [2.24, 2.45) is 11.8 Å². The van der Waals surface area contributed by atoms with Gasteiger partial charge in [0, 0.05) is 63.0 Å². The fraction of sp³-hybridized carbons (Fsp3) is 0.717. The molecule has 2 saturated heterocycles. The highest BCUT2D eigenvalue weighted by atomic mass is 16.7. The van der Waals surface area contributed by atoms with Crippen molar-refractivity contribution in [2.75, 3.05) is 53.6 Å². The summed E-state index contributed by atoms with van der Waals surface area (Å²) < 4.78 is 49.6. The molecule has 0 radical (unpaired) electrons. The molecular weight excluding hydrogens is 947 g/mol. The van der Waals surface area contributed by atoms with Crippen LogP contribution >= 0.6 is 0 Å². The van der Waals surface area contributed by atoms with Gasteiger partial charge in [0.05, 0.1) is 43.0 Å². The van der Waals surface area contributed by atoms with Crippen LogP contribution in [0.15, 0.2) is 36.5 Å². The van der Waals surface area contributed by atoms with Crippen LogP contribution in [0.25, 0.3) is 16.8 Å². The molecule has 0 spiro atoms. The Bertz CT molecular complexity index is 2080. The summed E-state index contributed by atoms with van der Waals surface area (Å²) in [6.07, 6.45) is -6.57. The smallest absolute Gasteiger partial charge is 0.407 e. The Morgan fingerprint density at radius 3 is 2.32 bits per heavy atom. The molecule has 1 aromatic heterocycles. The van der Waals surface area contributed by atoms with Crippen molar-refractivity contribution in [1.29, 1.82) is 0 Å². The number of carbonyl (C=O) groups excluding carboxylic acids is 4. The number of esters is 2. The monoisotopic (exact) mass is 1030 g/mol. The summed E-state index contributed by atoms with van der Waals surface area (Å²) in [6.45, 7) is 15.6. The topological polar surface area (TPSA) is 260 Å². The Balaban J connectivity index is 1.60. The number of fused-ring (bicyclic) bond motifs is 1. The lowest BCUT2D eigenvalue weighted by Crippen LogP contribution is -2.66. The van der Waals surface area contributed by atoms with Gasteiger partial charge in [0.1, 0.15) is 36.5 Å². The molecule has 4 rings (SSSR count). The number of alkyl carbamates (subject to hydrolysis) is 1. The zero-order valence-electron chi connectivity index (χ0n) is 45.0. The Labute approximate surface area is 431 Å². The molecule has 20 nitrogen and oxygen atoms in total. The summed E-state index contributed by atoms with van der Waals surface area (Å²) in [4.78, 5) is 59.6. The Hall–Kier alpha value is -4.35. The fourth-order valence-corrected chi connectivity index (χ4v) is 9.83. The van der Waals surface area contributed by atoms with E-state index < -0.39 is 116 Å². The summed E-state index contributed by atoms with van der Waals surface area (Å²) in [7, 11) is 6.74. The minimum atomic E-state index is -1.52. The number of amides is 1. The second-order valence-corrected chi connectivity index (χ2v) is 19.9. The van der Waals surface area contributed by atoms with Crippen LogP contribution in [0.3, 0.4) is 0 Å². The molecule has 2 fully saturated rings. The van der Waals surface area contributed by atoms with E-state index in [-0.39, 0.29) is 31.6 Å². The lowest BCUT2D eigenvalue weighted by atomic mass is 9.82. The molecule has 0 bridgehead atoms. The van der Waals surface area contributed by atoms with Crippen LogP contribution < -0.4 is 11.1 Å². The van der Waals surface area contributed by atoms with Crippen LogP contribution in [0.5, 0.6) is 0 Å². The number of hydrogen-bond donors (Lipinski definition) is 5. The number of nitrogens with one attached hydrogen (secondary N) is 1. The zero-order chi connectivity index (χ0) is 54.2. The third kappa shape index (κ3) is 16.8. The largest absolute Gasteiger partial charge is 0.462 e. The average molecular weight is 1030 g/mol. The SMILES string of the molecule is CCNC(=O)O[C@H]1[C@H](C)O[C@@H](O[C@H]2[C@H](N(C)C)[C@@H](O)[C@H](O[C@@H]([C@@H](CC=O)C[C@@H](C)[C@@H](O)CN(C)CC)[C@@H](OC)[C@H](O)CC(=O)O[C@H](CC)C/C=C/c3cnc(N)c4ccccc34)O[C@@H]2C)C[C@@]1(C)OC(=O)CC. The Kier molecular flexibility index (Phi) is 24.4. The number of nitrogens with two attached hydrogens (primary N) is 1. The number of anilines is 1. The van der Waals surface area contributed by atoms with E-state index in [0.717, 1.165) is 22.6 Å². The number of nitrogen functional groups attached to an aromatic ring is 1. The van der Waals surface area contributed by atoms with Crippen molar-refractivity contribution in [3.05, 3.63) is 42.1 Å². The number of pyridine rings is 1. The molecule has 0 aliphatic carbocycles. The lowest BCUT2D eigenvalue weighted by molar-refractivity contribution is -0.344. The zero-order valence-corrected chi connectivity index (χ0v) is 45.0. The number of likely N-dealkylation sites (N-methyl/N-ethyl adjacent to an activating group) is 2. The first-order valence-corrected chi connectivity index (χ1v) is 25.8. The number of aromatic nitrogens is 1. The molecule has 412 valence electrons. The van der Waals surface area contributed by atoms with Crippen molar-refractivity contribution < 1.29 is 72.4 Å². The molecular formula is C53H85N5O15. The van der Waals surface area contributed by atoms with Gasteiger partial charge in [-0.3, -0.25) is 9.59 Å². The van der Waals surface area contributed by atoms with Gasteiger partial charge in [0.15, 0.2) is 24.3 Å². The number of nitrogens with zero attached hydrogens (tertiary/aromatic N) is 3. The van der Waals surface area contributed by atoms with Gasteiger partial charge in [-0.15, -0.1) is 0 Å². The van der Waals surface area contributed by atoms with Crippen LogP contribution in [0, 0.1) is 11.8 Å². The molecule has 1 amide bonds. The van der Waals surface area contributed by atoms with E-state index in [4.69, 9.17) is 43.6 Å². The highest BCUT2D eigenvalue weighted by molar-refractivity contribution is 5.96. The summed E-state index contributed by atoms with van der Waals surface area (Å²) in [5.41, 5.74) is 5.59. The fourth-order valence-electron chi connectivity index (χ4n) is 9.83.